The lowest BCUT2D eigenvalue weighted by molar-refractivity contribution is 0.369. The van der Waals surface area contributed by atoms with Gasteiger partial charge in [-0.15, -0.1) is 11.6 Å². The number of hydrogen-bond acceptors (Lipinski definition) is 2. The molecule has 0 radical (unpaired) electrons. The molecular weight excluding hydrogens is 265 g/mol. The van der Waals surface area contributed by atoms with Crippen LogP contribution in [0.2, 0.25) is 0 Å². The Morgan fingerprint density at radius 3 is 2.86 bits per heavy atom. The third-order valence-electron chi connectivity index (χ3n) is 1.99. The minimum Gasteiger partial charge on any atom is -0.308 e. The van der Waals surface area contributed by atoms with Crippen LogP contribution in [0.4, 0.5) is 0 Å². The van der Waals surface area contributed by atoms with E-state index in [0.29, 0.717) is 5.88 Å². The molecule has 14 heavy (non-hydrogen) atoms. The van der Waals surface area contributed by atoms with Gasteiger partial charge >= 0.3 is 0 Å². The Kier molecular flexibility index (Phi) is 4.92. The molecule has 80 valence electrons. The van der Waals surface area contributed by atoms with Crippen molar-refractivity contribution in [2.75, 3.05) is 26.5 Å². The fourth-order valence-corrected chi connectivity index (χ4v) is 1.89. The second kappa shape index (κ2) is 5.73. The largest absolute Gasteiger partial charge is 0.308 e. The summed E-state index contributed by atoms with van der Waals surface area (Å²) in [7, 11) is 4.11. The molecule has 1 aromatic rings. The molecule has 0 spiro atoms. The molecule has 0 N–H and O–H groups in total. The monoisotopic (exact) mass is 279 g/mol. The van der Waals surface area contributed by atoms with Gasteiger partial charge < -0.3 is 4.90 Å². The van der Waals surface area contributed by atoms with Gasteiger partial charge in [0.15, 0.2) is 0 Å². The van der Waals surface area contributed by atoms with Gasteiger partial charge in [0.1, 0.15) is 0 Å². The Morgan fingerprint density at radius 1 is 1.57 bits per heavy atom. The average molecular weight is 281 g/mol. The summed E-state index contributed by atoms with van der Waals surface area (Å²) in [6.07, 6.45) is 2.69. The Labute approximate surface area is 98.2 Å². The maximum absolute atomic E-state index is 5.73. The van der Waals surface area contributed by atoms with Crippen molar-refractivity contribution >= 4 is 27.5 Å². The first-order valence-electron chi connectivity index (χ1n) is 4.56. The van der Waals surface area contributed by atoms with Gasteiger partial charge in [0.05, 0.1) is 22.9 Å². The summed E-state index contributed by atoms with van der Waals surface area (Å²) < 4.78 is 3.06. The van der Waals surface area contributed by atoms with Crippen molar-refractivity contribution in [1.29, 1.82) is 0 Å². The van der Waals surface area contributed by atoms with Crippen LogP contribution in [0.1, 0.15) is 5.69 Å². The van der Waals surface area contributed by atoms with E-state index in [0.717, 1.165) is 24.0 Å². The summed E-state index contributed by atoms with van der Waals surface area (Å²) in [4.78, 5) is 2.14. The van der Waals surface area contributed by atoms with Gasteiger partial charge in [-0.2, -0.15) is 5.10 Å². The van der Waals surface area contributed by atoms with Gasteiger partial charge in [-0.1, -0.05) is 0 Å². The first kappa shape index (κ1) is 12.0. The third-order valence-corrected chi connectivity index (χ3v) is 2.84. The molecular formula is C9H15BrClN3. The Hall–Kier alpha value is -0.0600. The minimum absolute atomic E-state index is 0.631. The van der Waals surface area contributed by atoms with Gasteiger partial charge in [-0.05, 0) is 30.0 Å². The van der Waals surface area contributed by atoms with Crippen LogP contribution in [0.25, 0.3) is 0 Å². The van der Waals surface area contributed by atoms with E-state index in [1.807, 2.05) is 10.9 Å². The summed E-state index contributed by atoms with van der Waals surface area (Å²) in [6.45, 7) is 1.90. The number of halogens is 2. The van der Waals surface area contributed by atoms with E-state index >= 15 is 0 Å². The first-order chi connectivity index (χ1) is 6.65. The van der Waals surface area contributed by atoms with Crippen molar-refractivity contribution in [3.05, 3.63) is 16.4 Å². The molecule has 1 aromatic heterocycles. The van der Waals surface area contributed by atoms with Gasteiger partial charge in [-0.25, -0.2) is 0 Å². The molecule has 0 aromatic carbocycles. The predicted octanol–water partition coefficient (Wildman–Crippen LogP) is 1.99. The lowest BCUT2D eigenvalue weighted by Crippen LogP contribution is -2.20. The van der Waals surface area contributed by atoms with E-state index in [1.165, 1.54) is 5.69 Å². The molecule has 0 unspecified atom stereocenters. The zero-order valence-corrected chi connectivity index (χ0v) is 10.8. The standard InChI is InChI=1S/C9H15BrClN3/c1-13(2)5-6-14-9(3-4-11)8(10)7-12-14/h7H,3-6H2,1-2H3. The Balaban J connectivity index is 2.65. The van der Waals surface area contributed by atoms with Crippen LogP contribution in [0.5, 0.6) is 0 Å². The summed E-state index contributed by atoms with van der Waals surface area (Å²) in [6, 6.07) is 0. The topological polar surface area (TPSA) is 21.1 Å². The molecule has 0 aliphatic rings. The van der Waals surface area contributed by atoms with Crippen LogP contribution in [-0.4, -0.2) is 41.2 Å². The molecule has 3 nitrogen and oxygen atoms in total. The van der Waals surface area contributed by atoms with E-state index in [-0.39, 0.29) is 0 Å². The molecule has 0 aliphatic heterocycles. The number of rotatable bonds is 5. The lowest BCUT2D eigenvalue weighted by atomic mass is 10.3. The molecule has 5 heteroatoms. The molecule has 0 aliphatic carbocycles. The molecule has 0 fully saturated rings. The Morgan fingerprint density at radius 2 is 2.29 bits per heavy atom. The Bertz CT molecular complexity index is 286. The smallest absolute Gasteiger partial charge is 0.0635 e. The molecule has 0 atom stereocenters. The van der Waals surface area contributed by atoms with Crippen LogP contribution in [0.15, 0.2) is 10.7 Å². The van der Waals surface area contributed by atoms with Crippen LogP contribution < -0.4 is 0 Å². The fourth-order valence-electron chi connectivity index (χ4n) is 1.21. The maximum atomic E-state index is 5.73. The number of aromatic nitrogens is 2. The predicted molar refractivity (Wildman–Crippen MR) is 62.9 cm³/mol. The molecule has 0 amide bonds. The minimum atomic E-state index is 0.631. The van der Waals surface area contributed by atoms with Gasteiger partial charge in [0.2, 0.25) is 0 Å². The molecule has 0 saturated carbocycles. The van der Waals surface area contributed by atoms with Crippen LogP contribution in [0.3, 0.4) is 0 Å². The number of hydrogen-bond donors (Lipinski definition) is 0. The van der Waals surface area contributed by atoms with Crippen molar-refractivity contribution < 1.29 is 0 Å². The first-order valence-corrected chi connectivity index (χ1v) is 5.88. The van der Waals surface area contributed by atoms with Crippen LogP contribution in [0, 0.1) is 0 Å². The van der Waals surface area contributed by atoms with Gasteiger partial charge in [-0.3, -0.25) is 4.68 Å². The second-order valence-electron chi connectivity index (χ2n) is 3.40. The van der Waals surface area contributed by atoms with E-state index in [1.54, 1.807) is 0 Å². The maximum Gasteiger partial charge on any atom is 0.0635 e. The molecule has 1 heterocycles. The SMILES string of the molecule is CN(C)CCn1ncc(Br)c1CCCl. The number of likely N-dealkylation sites (N-methyl/N-ethyl adjacent to an activating group) is 1. The van der Waals surface area contributed by atoms with Crippen LogP contribution in [-0.2, 0) is 13.0 Å². The highest BCUT2D eigenvalue weighted by molar-refractivity contribution is 9.10. The zero-order valence-electron chi connectivity index (χ0n) is 8.50. The summed E-state index contributed by atoms with van der Waals surface area (Å²) >= 11 is 9.20. The zero-order chi connectivity index (χ0) is 10.6. The third kappa shape index (κ3) is 3.26. The van der Waals surface area contributed by atoms with Gasteiger partial charge in [0.25, 0.3) is 0 Å². The second-order valence-corrected chi connectivity index (χ2v) is 4.64. The molecule has 0 bridgehead atoms. The highest BCUT2D eigenvalue weighted by atomic mass is 79.9. The van der Waals surface area contributed by atoms with Gasteiger partial charge in [0, 0.05) is 18.8 Å². The normalized spacial score (nSPS) is 11.2. The van der Waals surface area contributed by atoms with Crippen molar-refractivity contribution in [3.8, 4) is 0 Å². The number of alkyl halides is 1. The summed E-state index contributed by atoms with van der Waals surface area (Å²) in [5, 5.41) is 4.29. The van der Waals surface area contributed by atoms with Crippen molar-refractivity contribution in [1.82, 2.24) is 14.7 Å². The average Bonchev–Trinajstić information content (AvgIpc) is 2.46. The summed E-state index contributed by atoms with van der Waals surface area (Å²) in [5.74, 6) is 0.631. The van der Waals surface area contributed by atoms with E-state index in [4.69, 9.17) is 11.6 Å². The van der Waals surface area contributed by atoms with Crippen molar-refractivity contribution in [2.45, 2.75) is 13.0 Å². The molecule has 0 saturated heterocycles. The number of nitrogens with zero attached hydrogens (tertiary/aromatic N) is 3. The van der Waals surface area contributed by atoms with E-state index in [9.17, 15) is 0 Å². The summed E-state index contributed by atoms with van der Waals surface area (Å²) in [5.41, 5.74) is 1.18. The quantitative estimate of drug-likeness (QED) is 0.769. The highest BCUT2D eigenvalue weighted by Gasteiger charge is 2.07. The van der Waals surface area contributed by atoms with Crippen molar-refractivity contribution in [2.24, 2.45) is 0 Å². The van der Waals surface area contributed by atoms with E-state index in [2.05, 4.69) is 40.0 Å². The lowest BCUT2D eigenvalue weighted by Gasteiger charge is -2.11. The van der Waals surface area contributed by atoms with E-state index < -0.39 is 0 Å². The molecule has 1 rings (SSSR count). The fraction of sp³-hybridized carbons (Fsp3) is 0.667. The van der Waals surface area contributed by atoms with Crippen molar-refractivity contribution in [3.63, 3.8) is 0 Å². The highest BCUT2D eigenvalue weighted by Crippen LogP contribution is 2.16. The van der Waals surface area contributed by atoms with Crippen LogP contribution >= 0.6 is 27.5 Å².